The quantitative estimate of drug-likeness (QED) is 0.757. The SMILES string of the molecule is CC(C)OCCCCNC1CCc2c(Br)cccc21. The molecule has 1 aliphatic carbocycles. The Balaban J connectivity index is 1.70. The second-order valence-corrected chi connectivity index (χ2v) is 6.33. The lowest BCUT2D eigenvalue weighted by atomic mass is 10.1. The van der Waals surface area contributed by atoms with E-state index >= 15 is 0 Å². The van der Waals surface area contributed by atoms with Crippen LogP contribution >= 0.6 is 15.9 Å². The normalized spacial score (nSPS) is 18.0. The third-order valence-corrected chi connectivity index (χ3v) is 4.37. The molecule has 1 atom stereocenters. The van der Waals surface area contributed by atoms with Gasteiger partial charge in [0.1, 0.15) is 0 Å². The fraction of sp³-hybridized carbons (Fsp3) is 0.625. The minimum Gasteiger partial charge on any atom is -0.379 e. The summed E-state index contributed by atoms with van der Waals surface area (Å²) in [5.74, 6) is 0. The Bertz CT molecular complexity index is 406. The molecule has 0 spiro atoms. The van der Waals surface area contributed by atoms with E-state index in [1.165, 1.54) is 34.9 Å². The average Bonchev–Trinajstić information content (AvgIpc) is 2.78. The van der Waals surface area contributed by atoms with Gasteiger partial charge in [0, 0.05) is 17.1 Å². The maximum absolute atomic E-state index is 5.55. The second-order valence-electron chi connectivity index (χ2n) is 5.48. The topological polar surface area (TPSA) is 21.3 Å². The van der Waals surface area contributed by atoms with Crippen molar-refractivity contribution in [2.45, 2.75) is 51.7 Å². The third kappa shape index (κ3) is 4.30. The van der Waals surface area contributed by atoms with Crippen LogP contribution < -0.4 is 5.32 Å². The molecule has 1 aliphatic rings. The number of hydrogen-bond donors (Lipinski definition) is 1. The lowest BCUT2D eigenvalue weighted by molar-refractivity contribution is 0.0759. The largest absolute Gasteiger partial charge is 0.379 e. The lowest BCUT2D eigenvalue weighted by Gasteiger charge is -2.14. The number of ether oxygens (including phenoxy) is 1. The second kappa shape index (κ2) is 7.41. The van der Waals surface area contributed by atoms with Gasteiger partial charge in [-0.1, -0.05) is 28.1 Å². The molecule has 0 aliphatic heterocycles. The molecule has 1 unspecified atom stereocenters. The average molecular weight is 326 g/mol. The van der Waals surface area contributed by atoms with Crippen LogP contribution in [-0.4, -0.2) is 19.3 Å². The lowest BCUT2D eigenvalue weighted by Crippen LogP contribution is -2.20. The zero-order valence-corrected chi connectivity index (χ0v) is 13.5. The molecule has 0 saturated carbocycles. The van der Waals surface area contributed by atoms with Gasteiger partial charge in [-0.25, -0.2) is 0 Å². The summed E-state index contributed by atoms with van der Waals surface area (Å²) in [6.07, 6.45) is 5.09. The Morgan fingerprint density at radius 3 is 3.00 bits per heavy atom. The van der Waals surface area contributed by atoms with Crippen molar-refractivity contribution in [3.63, 3.8) is 0 Å². The minimum absolute atomic E-state index is 0.354. The molecular formula is C16H24BrNO. The van der Waals surface area contributed by atoms with Gasteiger partial charge in [-0.05, 0) is 63.3 Å². The van der Waals surface area contributed by atoms with E-state index in [9.17, 15) is 0 Å². The minimum atomic E-state index is 0.354. The molecule has 0 amide bonds. The van der Waals surface area contributed by atoms with E-state index in [4.69, 9.17) is 4.74 Å². The van der Waals surface area contributed by atoms with Crippen molar-refractivity contribution in [2.75, 3.05) is 13.2 Å². The van der Waals surface area contributed by atoms with Crippen molar-refractivity contribution < 1.29 is 4.74 Å². The summed E-state index contributed by atoms with van der Waals surface area (Å²) in [7, 11) is 0. The summed E-state index contributed by atoms with van der Waals surface area (Å²) >= 11 is 3.65. The maximum Gasteiger partial charge on any atom is 0.0518 e. The van der Waals surface area contributed by atoms with Crippen molar-refractivity contribution in [3.05, 3.63) is 33.8 Å². The van der Waals surface area contributed by atoms with Crippen LogP contribution in [-0.2, 0) is 11.2 Å². The van der Waals surface area contributed by atoms with Gasteiger partial charge >= 0.3 is 0 Å². The predicted molar refractivity (Wildman–Crippen MR) is 83.5 cm³/mol. The van der Waals surface area contributed by atoms with Gasteiger partial charge < -0.3 is 10.1 Å². The molecule has 0 bridgehead atoms. The number of hydrogen-bond acceptors (Lipinski definition) is 2. The van der Waals surface area contributed by atoms with Gasteiger partial charge in [0.15, 0.2) is 0 Å². The fourth-order valence-electron chi connectivity index (χ4n) is 2.64. The summed E-state index contributed by atoms with van der Waals surface area (Å²) in [6.45, 7) is 6.14. The van der Waals surface area contributed by atoms with Gasteiger partial charge in [-0.3, -0.25) is 0 Å². The van der Waals surface area contributed by atoms with Crippen molar-refractivity contribution in [1.29, 1.82) is 0 Å². The molecule has 3 heteroatoms. The molecule has 0 radical (unpaired) electrons. The van der Waals surface area contributed by atoms with Gasteiger partial charge in [-0.2, -0.15) is 0 Å². The van der Waals surface area contributed by atoms with Crippen LogP contribution in [0.5, 0.6) is 0 Å². The molecule has 0 saturated heterocycles. The van der Waals surface area contributed by atoms with E-state index in [0.29, 0.717) is 12.1 Å². The summed E-state index contributed by atoms with van der Waals surface area (Å²) in [5.41, 5.74) is 2.97. The smallest absolute Gasteiger partial charge is 0.0518 e. The molecule has 2 rings (SSSR count). The molecular weight excluding hydrogens is 302 g/mol. The molecule has 0 fully saturated rings. The summed E-state index contributed by atoms with van der Waals surface area (Å²) in [5, 5.41) is 3.68. The summed E-state index contributed by atoms with van der Waals surface area (Å²) < 4.78 is 6.82. The summed E-state index contributed by atoms with van der Waals surface area (Å²) in [4.78, 5) is 0. The number of fused-ring (bicyclic) bond motifs is 1. The maximum atomic E-state index is 5.55. The van der Waals surface area contributed by atoms with Gasteiger partial charge in [0.05, 0.1) is 6.10 Å². The van der Waals surface area contributed by atoms with E-state index in [0.717, 1.165) is 19.6 Å². The molecule has 2 nitrogen and oxygen atoms in total. The first-order chi connectivity index (χ1) is 9.18. The van der Waals surface area contributed by atoms with Gasteiger partial charge in [0.25, 0.3) is 0 Å². The molecule has 1 aromatic rings. The Kier molecular flexibility index (Phi) is 5.86. The first-order valence-electron chi connectivity index (χ1n) is 7.30. The Morgan fingerprint density at radius 1 is 1.37 bits per heavy atom. The van der Waals surface area contributed by atoms with Crippen LogP contribution in [0.2, 0.25) is 0 Å². The Hall–Kier alpha value is -0.380. The van der Waals surface area contributed by atoms with E-state index in [1.807, 2.05) is 0 Å². The van der Waals surface area contributed by atoms with E-state index in [1.54, 1.807) is 0 Å². The number of nitrogens with one attached hydrogen (secondary N) is 1. The number of halogens is 1. The highest BCUT2D eigenvalue weighted by Gasteiger charge is 2.22. The van der Waals surface area contributed by atoms with Crippen LogP contribution in [0.3, 0.4) is 0 Å². The molecule has 0 heterocycles. The molecule has 106 valence electrons. The molecule has 0 aromatic heterocycles. The van der Waals surface area contributed by atoms with Crippen molar-refractivity contribution in [2.24, 2.45) is 0 Å². The highest BCUT2D eigenvalue weighted by Crippen LogP contribution is 2.35. The highest BCUT2D eigenvalue weighted by molar-refractivity contribution is 9.10. The van der Waals surface area contributed by atoms with Crippen molar-refractivity contribution >= 4 is 15.9 Å². The molecule has 1 aromatic carbocycles. The number of unbranched alkanes of at least 4 members (excludes halogenated alkanes) is 1. The van der Waals surface area contributed by atoms with Gasteiger partial charge in [-0.15, -0.1) is 0 Å². The van der Waals surface area contributed by atoms with Crippen LogP contribution in [0.1, 0.15) is 50.3 Å². The van der Waals surface area contributed by atoms with E-state index in [2.05, 4.69) is 53.3 Å². The van der Waals surface area contributed by atoms with E-state index < -0.39 is 0 Å². The summed E-state index contributed by atoms with van der Waals surface area (Å²) in [6, 6.07) is 7.08. The standard InChI is InChI=1S/C16H24BrNO/c1-12(2)19-11-4-3-10-18-16-9-8-13-14(16)6-5-7-15(13)17/h5-7,12,16,18H,3-4,8-11H2,1-2H3. The zero-order valence-electron chi connectivity index (χ0n) is 11.9. The first-order valence-corrected chi connectivity index (χ1v) is 8.10. The Labute approximate surface area is 125 Å². The van der Waals surface area contributed by atoms with E-state index in [-0.39, 0.29) is 0 Å². The van der Waals surface area contributed by atoms with Crippen molar-refractivity contribution in [3.8, 4) is 0 Å². The molecule has 1 N–H and O–H groups in total. The fourth-order valence-corrected chi connectivity index (χ4v) is 3.22. The third-order valence-electron chi connectivity index (χ3n) is 3.63. The van der Waals surface area contributed by atoms with Crippen LogP contribution in [0.4, 0.5) is 0 Å². The Morgan fingerprint density at radius 2 is 2.21 bits per heavy atom. The first kappa shape index (κ1) is 15.0. The van der Waals surface area contributed by atoms with Crippen molar-refractivity contribution in [1.82, 2.24) is 5.32 Å². The molecule has 19 heavy (non-hydrogen) atoms. The zero-order chi connectivity index (χ0) is 13.7. The number of rotatable bonds is 7. The monoisotopic (exact) mass is 325 g/mol. The van der Waals surface area contributed by atoms with Crippen LogP contribution in [0.15, 0.2) is 22.7 Å². The van der Waals surface area contributed by atoms with Gasteiger partial charge in [0.2, 0.25) is 0 Å². The number of benzene rings is 1. The van der Waals surface area contributed by atoms with Crippen LogP contribution in [0, 0.1) is 0 Å². The highest BCUT2D eigenvalue weighted by atomic mass is 79.9. The predicted octanol–water partition coefficient (Wildman–Crippen LogP) is 4.23. The van der Waals surface area contributed by atoms with Crippen LogP contribution in [0.25, 0.3) is 0 Å².